The molecule has 0 amide bonds. The molecule has 3 heterocycles. The standard InChI is InChI=1S/C24H30FN3O/c1-24(26-21-3-2-4-22-23(21)28(24)15-16-29-22)17-27-13-11-19(12-14-27)6-5-18-7-9-20(25)10-8-18/h2-4,7-10,19,26H,5-6,11-17H2,1H3. The normalized spacial score (nSPS) is 24.1. The lowest BCUT2D eigenvalue weighted by Crippen LogP contribution is -2.58. The molecule has 0 aliphatic carbocycles. The lowest BCUT2D eigenvalue weighted by atomic mass is 9.90. The average molecular weight is 396 g/mol. The smallest absolute Gasteiger partial charge is 0.144 e. The highest BCUT2D eigenvalue weighted by atomic mass is 19.1. The number of hydrogen-bond donors (Lipinski definition) is 1. The number of piperidine rings is 1. The highest BCUT2D eigenvalue weighted by Gasteiger charge is 2.44. The first-order valence-corrected chi connectivity index (χ1v) is 10.9. The van der Waals surface area contributed by atoms with E-state index < -0.39 is 0 Å². The van der Waals surface area contributed by atoms with Crippen molar-refractivity contribution in [1.29, 1.82) is 0 Å². The Kier molecular flexibility index (Phi) is 4.86. The first-order valence-electron chi connectivity index (χ1n) is 10.9. The molecule has 5 heteroatoms. The summed E-state index contributed by atoms with van der Waals surface area (Å²) in [5, 5.41) is 3.78. The summed E-state index contributed by atoms with van der Waals surface area (Å²) >= 11 is 0. The van der Waals surface area contributed by atoms with Crippen molar-refractivity contribution in [3.63, 3.8) is 0 Å². The van der Waals surface area contributed by atoms with Gasteiger partial charge in [0.2, 0.25) is 0 Å². The van der Waals surface area contributed by atoms with E-state index in [1.807, 2.05) is 12.1 Å². The molecular formula is C24H30FN3O. The molecule has 0 radical (unpaired) electrons. The number of nitrogens with zero attached hydrogens (tertiary/aromatic N) is 2. The number of likely N-dealkylation sites (tertiary alicyclic amines) is 1. The number of anilines is 2. The molecule has 2 aromatic carbocycles. The van der Waals surface area contributed by atoms with Crippen molar-refractivity contribution in [2.75, 3.05) is 43.0 Å². The lowest BCUT2D eigenvalue weighted by Gasteiger charge is -2.43. The van der Waals surface area contributed by atoms with Gasteiger partial charge in [0.25, 0.3) is 0 Å². The van der Waals surface area contributed by atoms with Gasteiger partial charge >= 0.3 is 0 Å². The maximum atomic E-state index is 13.1. The number of benzene rings is 2. The number of para-hydroxylation sites is 1. The van der Waals surface area contributed by atoms with Crippen LogP contribution < -0.4 is 15.0 Å². The highest BCUT2D eigenvalue weighted by Crippen LogP contribution is 2.47. The third-order valence-corrected chi connectivity index (χ3v) is 6.83. The molecule has 1 saturated heterocycles. The Morgan fingerprint density at radius 3 is 2.69 bits per heavy atom. The zero-order valence-corrected chi connectivity index (χ0v) is 17.2. The summed E-state index contributed by atoms with van der Waals surface area (Å²) < 4.78 is 18.9. The maximum Gasteiger partial charge on any atom is 0.144 e. The SMILES string of the molecule is CC1(CN2CCC(CCc3ccc(F)cc3)CC2)Nc2cccc3c2N1CCO3. The van der Waals surface area contributed by atoms with Gasteiger partial charge in [-0.25, -0.2) is 4.39 Å². The van der Waals surface area contributed by atoms with Crippen LogP contribution in [0.3, 0.4) is 0 Å². The van der Waals surface area contributed by atoms with Crippen LogP contribution in [0.2, 0.25) is 0 Å². The van der Waals surface area contributed by atoms with E-state index in [1.165, 1.54) is 36.2 Å². The predicted molar refractivity (Wildman–Crippen MR) is 115 cm³/mol. The minimum absolute atomic E-state index is 0.0802. The summed E-state index contributed by atoms with van der Waals surface area (Å²) in [7, 11) is 0. The van der Waals surface area contributed by atoms with Crippen LogP contribution in [0.5, 0.6) is 5.75 Å². The average Bonchev–Trinajstić information content (AvgIpc) is 3.02. The molecule has 1 fully saturated rings. The van der Waals surface area contributed by atoms with Crippen molar-refractivity contribution < 1.29 is 9.13 Å². The van der Waals surface area contributed by atoms with Crippen LogP contribution in [0, 0.1) is 11.7 Å². The van der Waals surface area contributed by atoms with Gasteiger partial charge in [0, 0.05) is 6.54 Å². The van der Waals surface area contributed by atoms with E-state index in [0.717, 1.165) is 50.9 Å². The first-order chi connectivity index (χ1) is 14.1. The Labute approximate surface area is 172 Å². The molecule has 0 spiro atoms. The van der Waals surface area contributed by atoms with Crippen molar-refractivity contribution in [3.05, 3.63) is 53.8 Å². The van der Waals surface area contributed by atoms with Crippen LogP contribution in [0.1, 0.15) is 31.7 Å². The van der Waals surface area contributed by atoms with Crippen LogP contribution in [0.25, 0.3) is 0 Å². The van der Waals surface area contributed by atoms with Crippen LogP contribution in [0.4, 0.5) is 15.8 Å². The van der Waals surface area contributed by atoms with Crippen LogP contribution >= 0.6 is 0 Å². The van der Waals surface area contributed by atoms with Crippen molar-refractivity contribution in [3.8, 4) is 5.75 Å². The van der Waals surface area contributed by atoms with E-state index in [9.17, 15) is 4.39 Å². The third-order valence-electron chi connectivity index (χ3n) is 6.83. The molecule has 2 aromatic rings. The van der Waals surface area contributed by atoms with E-state index in [-0.39, 0.29) is 11.5 Å². The largest absolute Gasteiger partial charge is 0.489 e. The topological polar surface area (TPSA) is 27.7 Å². The van der Waals surface area contributed by atoms with Crippen LogP contribution in [0.15, 0.2) is 42.5 Å². The molecule has 1 atom stereocenters. The number of halogens is 1. The molecular weight excluding hydrogens is 365 g/mol. The molecule has 29 heavy (non-hydrogen) atoms. The Morgan fingerprint density at radius 2 is 1.90 bits per heavy atom. The zero-order valence-electron chi connectivity index (χ0n) is 17.2. The fraction of sp³-hybridized carbons (Fsp3) is 0.500. The second-order valence-corrected chi connectivity index (χ2v) is 8.94. The van der Waals surface area contributed by atoms with Gasteiger partial charge in [-0.15, -0.1) is 0 Å². The van der Waals surface area contributed by atoms with Gasteiger partial charge in [-0.1, -0.05) is 18.2 Å². The summed E-state index contributed by atoms with van der Waals surface area (Å²) in [6.07, 6.45) is 4.75. The van der Waals surface area contributed by atoms with E-state index in [2.05, 4.69) is 40.2 Å². The second-order valence-electron chi connectivity index (χ2n) is 8.94. The molecule has 0 aromatic heterocycles. The Hall–Kier alpha value is -2.27. The van der Waals surface area contributed by atoms with E-state index in [4.69, 9.17) is 4.74 Å². The maximum absolute atomic E-state index is 13.1. The molecule has 4 nitrogen and oxygen atoms in total. The monoisotopic (exact) mass is 395 g/mol. The van der Waals surface area contributed by atoms with Gasteiger partial charge in [0.05, 0.1) is 12.2 Å². The summed E-state index contributed by atoms with van der Waals surface area (Å²) in [4.78, 5) is 5.12. The zero-order chi connectivity index (χ0) is 19.8. The van der Waals surface area contributed by atoms with Gasteiger partial charge in [-0.05, 0) is 81.4 Å². The van der Waals surface area contributed by atoms with Crippen molar-refractivity contribution in [2.45, 2.75) is 38.3 Å². The summed E-state index contributed by atoms with van der Waals surface area (Å²) in [6.45, 7) is 7.33. The van der Waals surface area contributed by atoms with Gasteiger partial charge in [-0.2, -0.15) is 0 Å². The molecule has 0 saturated carbocycles. The van der Waals surface area contributed by atoms with Crippen LogP contribution in [-0.4, -0.2) is 43.3 Å². The summed E-state index contributed by atoms with van der Waals surface area (Å²) in [5.41, 5.74) is 3.59. The number of hydrogen-bond acceptors (Lipinski definition) is 4. The van der Waals surface area contributed by atoms with Crippen molar-refractivity contribution >= 4 is 11.4 Å². The number of aryl methyl sites for hydroxylation is 1. The Bertz CT molecular complexity index is 863. The molecule has 1 unspecified atom stereocenters. The second kappa shape index (κ2) is 7.52. The van der Waals surface area contributed by atoms with Gasteiger partial charge in [-0.3, -0.25) is 4.90 Å². The lowest BCUT2D eigenvalue weighted by molar-refractivity contribution is 0.151. The summed E-state index contributed by atoms with van der Waals surface area (Å²) in [6, 6.07) is 13.3. The predicted octanol–water partition coefficient (Wildman–Crippen LogP) is 4.51. The van der Waals surface area contributed by atoms with Crippen molar-refractivity contribution in [2.24, 2.45) is 5.92 Å². The quantitative estimate of drug-likeness (QED) is 0.806. The minimum Gasteiger partial charge on any atom is -0.489 e. The molecule has 3 aliphatic rings. The van der Waals surface area contributed by atoms with Crippen molar-refractivity contribution in [1.82, 2.24) is 4.90 Å². The minimum atomic E-state index is -0.148. The number of ether oxygens (including phenoxy) is 1. The molecule has 154 valence electrons. The fourth-order valence-electron chi connectivity index (χ4n) is 5.24. The van der Waals surface area contributed by atoms with E-state index in [0.29, 0.717) is 0 Å². The number of rotatable bonds is 5. The van der Waals surface area contributed by atoms with Gasteiger partial charge in [0.15, 0.2) is 0 Å². The third kappa shape index (κ3) is 3.68. The molecule has 0 bridgehead atoms. The fourth-order valence-corrected chi connectivity index (χ4v) is 5.24. The first kappa shape index (κ1) is 18.7. The summed E-state index contributed by atoms with van der Waals surface area (Å²) in [5.74, 6) is 1.63. The van der Waals surface area contributed by atoms with E-state index in [1.54, 1.807) is 12.1 Å². The molecule has 1 N–H and O–H groups in total. The van der Waals surface area contributed by atoms with Gasteiger partial charge < -0.3 is 15.0 Å². The Balaban J connectivity index is 1.16. The molecule has 3 aliphatic heterocycles. The van der Waals surface area contributed by atoms with Gasteiger partial charge in [0.1, 0.15) is 29.5 Å². The van der Waals surface area contributed by atoms with Crippen LogP contribution in [-0.2, 0) is 6.42 Å². The Morgan fingerprint density at radius 1 is 1.10 bits per heavy atom. The highest BCUT2D eigenvalue weighted by molar-refractivity contribution is 5.84. The number of nitrogens with one attached hydrogen (secondary N) is 1. The van der Waals surface area contributed by atoms with E-state index >= 15 is 0 Å². The molecule has 5 rings (SSSR count).